The zero-order chi connectivity index (χ0) is 12.6. The van der Waals surface area contributed by atoms with Gasteiger partial charge in [-0.2, -0.15) is 0 Å². The minimum Gasteiger partial charge on any atom is -0.303 e. The first-order chi connectivity index (χ1) is 8.01. The van der Waals surface area contributed by atoms with Gasteiger partial charge in [0.15, 0.2) is 9.84 Å². The average molecular weight is 256 g/mol. The number of carbonyl (C=O) groups excluding carboxylic acids is 1. The molecule has 3 nitrogen and oxygen atoms in total. The Morgan fingerprint density at radius 3 is 2.35 bits per heavy atom. The summed E-state index contributed by atoms with van der Waals surface area (Å²) in [6.07, 6.45) is 0.686. The Kier molecular flexibility index (Phi) is 3.03. The fourth-order valence-corrected chi connectivity index (χ4v) is 4.01. The van der Waals surface area contributed by atoms with Gasteiger partial charge in [-0.1, -0.05) is 19.1 Å². The standard InChI is InChI=1S/C12H13FO3S/c1-2-17(15,16)12-10(7-14)11(12)8-3-5-9(13)6-4-8/h3-7,10-12H,2H2,1H3/t10-,11+,12-/m1/s1. The molecule has 2 rings (SSSR count). The third-order valence-electron chi connectivity index (χ3n) is 3.24. The zero-order valence-electron chi connectivity index (χ0n) is 9.34. The van der Waals surface area contributed by atoms with Crippen molar-refractivity contribution in [2.45, 2.75) is 18.1 Å². The lowest BCUT2D eigenvalue weighted by Gasteiger charge is -2.00. The lowest BCUT2D eigenvalue weighted by atomic mass is 10.1. The molecule has 0 heterocycles. The van der Waals surface area contributed by atoms with Crippen LogP contribution >= 0.6 is 0 Å². The average Bonchev–Trinajstić information content (AvgIpc) is 3.05. The monoisotopic (exact) mass is 256 g/mol. The van der Waals surface area contributed by atoms with Crippen molar-refractivity contribution >= 4 is 16.1 Å². The summed E-state index contributed by atoms with van der Waals surface area (Å²) in [5.41, 5.74) is 0.713. The molecule has 0 N–H and O–H groups in total. The highest BCUT2D eigenvalue weighted by Gasteiger charge is 2.57. The van der Waals surface area contributed by atoms with Crippen molar-refractivity contribution in [3.05, 3.63) is 35.6 Å². The molecule has 0 amide bonds. The number of benzene rings is 1. The van der Waals surface area contributed by atoms with Gasteiger partial charge in [0, 0.05) is 17.6 Å². The van der Waals surface area contributed by atoms with E-state index in [-0.39, 0.29) is 17.5 Å². The number of hydrogen-bond donors (Lipinski definition) is 0. The van der Waals surface area contributed by atoms with Gasteiger partial charge in [0.25, 0.3) is 0 Å². The molecule has 1 aromatic carbocycles. The summed E-state index contributed by atoms with van der Waals surface area (Å²) in [6.45, 7) is 1.57. The topological polar surface area (TPSA) is 51.2 Å². The summed E-state index contributed by atoms with van der Waals surface area (Å²) in [6, 6.07) is 5.65. The molecule has 0 aliphatic heterocycles. The molecule has 0 unspecified atom stereocenters. The molecule has 5 heteroatoms. The van der Waals surface area contributed by atoms with Gasteiger partial charge in [-0.15, -0.1) is 0 Å². The van der Waals surface area contributed by atoms with E-state index in [0.29, 0.717) is 11.8 Å². The predicted molar refractivity (Wildman–Crippen MR) is 61.9 cm³/mol. The lowest BCUT2D eigenvalue weighted by molar-refractivity contribution is -0.108. The zero-order valence-corrected chi connectivity index (χ0v) is 10.2. The fourth-order valence-electron chi connectivity index (χ4n) is 2.22. The largest absolute Gasteiger partial charge is 0.303 e. The molecule has 0 spiro atoms. The van der Waals surface area contributed by atoms with Gasteiger partial charge in [-0.25, -0.2) is 12.8 Å². The Bertz CT molecular complexity index is 521. The van der Waals surface area contributed by atoms with Gasteiger partial charge < -0.3 is 4.79 Å². The van der Waals surface area contributed by atoms with Crippen LogP contribution in [0.25, 0.3) is 0 Å². The van der Waals surface area contributed by atoms with Crippen LogP contribution in [0.15, 0.2) is 24.3 Å². The molecule has 0 bridgehead atoms. The molecule has 1 aromatic rings. The fraction of sp³-hybridized carbons (Fsp3) is 0.417. The van der Waals surface area contributed by atoms with Crippen molar-refractivity contribution < 1.29 is 17.6 Å². The van der Waals surface area contributed by atoms with Crippen molar-refractivity contribution in [1.82, 2.24) is 0 Å². The quantitative estimate of drug-likeness (QED) is 0.768. The highest BCUT2D eigenvalue weighted by atomic mass is 32.2. The van der Waals surface area contributed by atoms with E-state index >= 15 is 0 Å². The van der Waals surface area contributed by atoms with Crippen LogP contribution in [0.2, 0.25) is 0 Å². The van der Waals surface area contributed by atoms with E-state index in [9.17, 15) is 17.6 Å². The number of hydrogen-bond acceptors (Lipinski definition) is 3. The van der Waals surface area contributed by atoms with E-state index in [4.69, 9.17) is 0 Å². The van der Waals surface area contributed by atoms with Gasteiger partial charge in [0.1, 0.15) is 12.1 Å². The summed E-state index contributed by atoms with van der Waals surface area (Å²) >= 11 is 0. The first-order valence-electron chi connectivity index (χ1n) is 5.43. The maximum absolute atomic E-state index is 12.8. The van der Waals surface area contributed by atoms with E-state index in [0.717, 1.165) is 0 Å². The number of halogens is 1. The molecule has 1 aliphatic carbocycles. The maximum atomic E-state index is 12.8. The molecule has 1 aliphatic rings. The Hall–Kier alpha value is -1.23. The highest BCUT2D eigenvalue weighted by molar-refractivity contribution is 7.92. The van der Waals surface area contributed by atoms with E-state index in [2.05, 4.69) is 0 Å². The van der Waals surface area contributed by atoms with Crippen LogP contribution in [0.4, 0.5) is 4.39 Å². The molecule has 17 heavy (non-hydrogen) atoms. The van der Waals surface area contributed by atoms with Gasteiger partial charge in [0.2, 0.25) is 0 Å². The smallest absolute Gasteiger partial charge is 0.154 e. The van der Waals surface area contributed by atoms with Gasteiger partial charge in [-0.05, 0) is 17.7 Å². The van der Waals surface area contributed by atoms with Gasteiger partial charge >= 0.3 is 0 Å². The molecule has 1 fully saturated rings. The second-order valence-corrected chi connectivity index (χ2v) is 6.65. The number of rotatable bonds is 4. The third-order valence-corrected chi connectivity index (χ3v) is 5.48. The molecule has 0 radical (unpaired) electrons. The summed E-state index contributed by atoms with van der Waals surface area (Å²) in [5, 5.41) is -0.629. The maximum Gasteiger partial charge on any atom is 0.154 e. The van der Waals surface area contributed by atoms with E-state index in [1.807, 2.05) is 0 Å². The van der Waals surface area contributed by atoms with Gasteiger partial charge in [-0.3, -0.25) is 0 Å². The second kappa shape index (κ2) is 4.22. The highest BCUT2D eigenvalue weighted by Crippen LogP contribution is 2.51. The van der Waals surface area contributed by atoms with E-state index in [1.54, 1.807) is 19.1 Å². The van der Waals surface area contributed by atoms with Crippen LogP contribution in [0.1, 0.15) is 18.4 Å². The van der Waals surface area contributed by atoms with Gasteiger partial charge in [0.05, 0.1) is 5.25 Å². The molecule has 3 atom stereocenters. The first-order valence-corrected chi connectivity index (χ1v) is 7.15. The van der Waals surface area contributed by atoms with Crippen molar-refractivity contribution in [2.75, 3.05) is 5.75 Å². The Balaban J connectivity index is 2.29. The lowest BCUT2D eigenvalue weighted by Crippen LogP contribution is -2.12. The van der Waals surface area contributed by atoms with Crippen LogP contribution in [0.5, 0.6) is 0 Å². The Labute approximate surface area is 99.6 Å². The van der Waals surface area contributed by atoms with Crippen molar-refractivity contribution in [2.24, 2.45) is 5.92 Å². The third kappa shape index (κ3) is 2.11. The number of carbonyl (C=O) groups is 1. The molecule has 0 saturated heterocycles. The minimum absolute atomic E-state index is 0.0275. The summed E-state index contributed by atoms with van der Waals surface area (Å²) in [7, 11) is -3.22. The molecule has 1 saturated carbocycles. The van der Waals surface area contributed by atoms with Crippen LogP contribution in [-0.2, 0) is 14.6 Å². The number of sulfone groups is 1. The molecule has 92 valence electrons. The molecular weight excluding hydrogens is 243 g/mol. The van der Waals surface area contributed by atoms with Crippen LogP contribution < -0.4 is 0 Å². The SMILES string of the molecule is CCS(=O)(=O)[C@@H]1[C@H](C=O)[C@@H]1c1ccc(F)cc1. The van der Waals surface area contributed by atoms with Crippen molar-refractivity contribution in [1.29, 1.82) is 0 Å². The molecule has 0 aromatic heterocycles. The number of aldehydes is 1. The molecular formula is C12H13FO3S. The predicted octanol–water partition coefficient (Wildman–Crippen LogP) is 1.54. The summed E-state index contributed by atoms with van der Waals surface area (Å²) in [4.78, 5) is 10.9. The van der Waals surface area contributed by atoms with Crippen molar-refractivity contribution in [3.8, 4) is 0 Å². The second-order valence-electron chi connectivity index (χ2n) is 4.21. The Morgan fingerprint density at radius 2 is 1.88 bits per heavy atom. The van der Waals surface area contributed by atoms with Crippen molar-refractivity contribution in [3.63, 3.8) is 0 Å². The summed E-state index contributed by atoms with van der Waals surface area (Å²) < 4.78 is 36.3. The minimum atomic E-state index is -3.22. The summed E-state index contributed by atoms with van der Waals surface area (Å²) in [5.74, 6) is -1.13. The van der Waals surface area contributed by atoms with Crippen LogP contribution in [-0.4, -0.2) is 25.7 Å². The first kappa shape index (κ1) is 12.2. The van der Waals surface area contributed by atoms with Crippen LogP contribution in [0.3, 0.4) is 0 Å². The van der Waals surface area contributed by atoms with Crippen LogP contribution in [0, 0.1) is 11.7 Å². The van der Waals surface area contributed by atoms with E-state index < -0.39 is 21.0 Å². The Morgan fingerprint density at radius 1 is 1.29 bits per heavy atom. The van der Waals surface area contributed by atoms with E-state index in [1.165, 1.54) is 12.1 Å². The normalized spacial score (nSPS) is 27.8.